The predicted octanol–water partition coefficient (Wildman–Crippen LogP) is 1.54. The Kier molecular flexibility index (Phi) is 2.21. The van der Waals surface area contributed by atoms with Gasteiger partial charge in [-0.2, -0.15) is 4.98 Å². The van der Waals surface area contributed by atoms with Crippen LogP contribution in [0.3, 0.4) is 0 Å². The van der Waals surface area contributed by atoms with Gasteiger partial charge in [-0.25, -0.2) is 0 Å². The van der Waals surface area contributed by atoms with E-state index in [-0.39, 0.29) is 5.92 Å². The molecule has 1 fully saturated rings. The Morgan fingerprint density at radius 3 is 2.94 bits per heavy atom. The van der Waals surface area contributed by atoms with E-state index in [1.807, 2.05) is 6.92 Å². The fourth-order valence-electron chi connectivity index (χ4n) is 1.70. The molecule has 0 N–H and O–H groups in total. The Labute approximate surface area is 91.6 Å². The molecule has 6 heteroatoms. The minimum Gasteiger partial charge on any atom is -0.381 e. The fraction of sp³-hybridized carbons (Fsp3) is 0.500. The molecule has 6 nitrogen and oxygen atoms in total. The summed E-state index contributed by atoms with van der Waals surface area (Å²) in [5.41, 5.74) is 0.791. The zero-order valence-electron chi connectivity index (χ0n) is 8.84. The maximum atomic E-state index is 5.27. The van der Waals surface area contributed by atoms with E-state index >= 15 is 0 Å². The van der Waals surface area contributed by atoms with E-state index in [4.69, 9.17) is 13.8 Å². The van der Waals surface area contributed by atoms with Crippen molar-refractivity contribution in [1.82, 2.24) is 15.3 Å². The van der Waals surface area contributed by atoms with Crippen molar-refractivity contribution in [3.63, 3.8) is 0 Å². The van der Waals surface area contributed by atoms with E-state index in [1.165, 1.54) is 0 Å². The fourth-order valence-corrected chi connectivity index (χ4v) is 1.70. The van der Waals surface area contributed by atoms with Gasteiger partial charge in [-0.3, -0.25) is 0 Å². The molecule has 0 aromatic carbocycles. The molecule has 3 rings (SSSR count). The van der Waals surface area contributed by atoms with Crippen LogP contribution in [0.25, 0.3) is 11.7 Å². The van der Waals surface area contributed by atoms with Crippen molar-refractivity contribution in [1.29, 1.82) is 0 Å². The number of hydrogen-bond acceptors (Lipinski definition) is 6. The first-order valence-corrected chi connectivity index (χ1v) is 5.18. The summed E-state index contributed by atoms with van der Waals surface area (Å²) in [6.45, 7) is 3.26. The molecule has 1 saturated heterocycles. The van der Waals surface area contributed by atoms with Crippen molar-refractivity contribution < 1.29 is 13.8 Å². The van der Waals surface area contributed by atoms with Gasteiger partial charge in [-0.15, -0.1) is 0 Å². The molecule has 1 atom stereocenters. The van der Waals surface area contributed by atoms with Gasteiger partial charge in [0.25, 0.3) is 5.89 Å². The average Bonchev–Trinajstić information content (AvgIpc) is 2.97. The highest BCUT2D eigenvalue weighted by Gasteiger charge is 2.24. The average molecular weight is 221 g/mol. The molecule has 0 bridgehead atoms. The van der Waals surface area contributed by atoms with E-state index < -0.39 is 0 Å². The van der Waals surface area contributed by atoms with Gasteiger partial charge in [0.1, 0.15) is 0 Å². The number of ether oxygens (including phenoxy) is 1. The normalized spacial score (nSPS) is 20.4. The molecule has 0 saturated carbocycles. The Morgan fingerprint density at radius 1 is 1.31 bits per heavy atom. The highest BCUT2D eigenvalue weighted by molar-refractivity contribution is 5.43. The zero-order chi connectivity index (χ0) is 11.0. The molecule has 3 heterocycles. The molecule has 1 aliphatic heterocycles. The van der Waals surface area contributed by atoms with Gasteiger partial charge in [0.15, 0.2) is 5.82 Å². The number of rotatable bonds is 2. The molecule has 84 valence electrons. The first kappa shape index (κ1) is 9.53. The summed E-state index contributed by atoms with van der Waals surface area (Å²) < 4.78 is 15.4. The summed E-state index contributed by atoms with van der Waals surface area (Å²) in [4.78, 5) is 4.28. The van der Waals surface area contributed by atoms with Crippen LogP contribution >= 0.6 is 0 Å². The maximum Gasteiger partial charge on any atom is 0.296 e. The van der Waals surface area contributed by atoms with Gasteiger partial charge >= 0.3 is 0 Å². The standard InChI is InChI=1S/C10H11N3O3/c1-6-4-8(15-12-6)10-11-9(13-16-10)7-2-3-14-5-7/h4,7H,2-3,5H2,1H3/t7-/m1/s1. The van der Waals surface area contributed by atoms with E-state index in [0.717, 1.165) is 18.7 Å². The van der Waals surface area contributed by atoms with Crippen molar-refractivity contribution in [3.8, 4) is 11.7 Å². The minimum atomic E-state index is 0.238. The van der Waals surface area contributed by atoms with Gasteiger partial charge in [-0.05, 0) is 13.3 Å². The van der Waals surface area contributed by atoms with Crippen molar-refractivity contribution in [2.45, 2.75) is 19.3 Å². The van der Waals surface area contributed by atoms with Crippen molar-refractivity contribution in [2.24, 2.45) is 0 Å². The second-order valence-corrected chi connectivity index (χ2v) is 3.85. The summed E-state index contributed by atoms with van der Waals surface area (Å²) in [6, 6.07) is 1.77. The lowest BCUT2D eigenvalue weighted by atomic mass is 10.1. The second-order valence-electron chi connectivity index (χ2n) is 3.85. The van der Waals surface area contributed by atoms with Crippen LogP contribution in [0.5, 0.6) is 0 Å². The molecule has 2 aromatic rings. The lowest BCUT2D eigenvalue weighted by Crippen LogP contribution is -1.99. The molecule has 0 radical (unpaired) electrons. The molecule has 16 heavy (non-hydrogen) atoms. The number of aromatic nitrogens is 3. The van der Waals surface area contributed by atoms with Crippen LogP contribution in [-0.4, -0.2) is 28.5 Å². The number of aryl methyl sites for hydroxylation is 1. The van der Waals surface area contributed by atoms with Crippen molar-refractivity contribution in [2.75, 3.05) is 13.2 Å². The molecule has 0 amide bonds. The van der Waals surface area contributed by atoms with E-state index in [9.17, 15) is 0 Å². The lowest BCUT2D eigenvalue weighted by Gasteiger charge is -1.97. The van der Waals surface area contributed by atoms with Crippen LogP contribution in [0.1, 0.15) is 23.9 Å². The van der Waals surface area contributed by atoms with Crippen molar-refractivity contribution in [3.05, 3.63) is 17.6 Å². The lowest BCUT2D eigenvalue weighted by molar-refractivity contribution is 0.192. The van der Waals surface area contributed by atoms with E-state index in [0.29, 0.717) is 24.1 Å². The molecule has 1 aliphatic rings. The van der Waals surface area contributed by atoms with Gasteiger partial charge in [0.05, 0.1) is 12.3 Å². The summed E-state index contributed by atoms with van der Waals surface area (Å²) in [5.74, 6) is 1.81. The van der Waals surface area contributed by atoms with Crippen LogP contribution in [0.4, 0.5) is 0 Å². The third kappa shape index (κ3) is 1.61. The third-order valence-electron chi connectivity index (χ3n) is 2.58. The van der Waals surface area contributed by atoms with Gasteiger partial charge in [0.2, 0.25) is 5.76 Å². The van der Waals surface area contributed by atoms with Gasteiger partial charge in [-0.1, -0.05) is 10.3 Å². The smallest absolute Gasteiger partial charge is 0.296 e. The molecular formula is C10H11N3O3. The van der Waals surface area contributed by atoms with Crippen LogP contribution < -0.4 is 0 Å². The molecular weight excluding hydrogens is 210 g/mol. The number of hydrogen-bond donors (Lipinski definition) is 0. The molecule has 0 aliphatic carbocycles. The van der Waals surface area contributed by atoms with E-state index in [1.54, 1.807) is 6.07 Å². The largest absolute Gasteiger partial charge is 0.381 e. The summed E-state index contributed by atoms with van der Waals surface area (Å²) in [7, 11) is 0. The highest BCUT2D eigenvalue weighted by Crippen LogP contribution is 2.25. The quantitative estimate of drug-likeness (QED) is 0.765. The zero-order valence-corrected chi connectivity index (χ0v) is 8.84. The topological polar surface area (TPSA) is 74.2 Å². The maximum absolute atomic E-state index is 5.27. The Hall–Kier alpha value is -1.69. The van der Waals surface area contributed by atoms with E-state index in [2.05, 4.69) is 15.3 Å². The second kappa shape index (κ2) is 3.71. The highest BCUT2D eigenvalue weighted by atomic mass is 16.5. The predicted molar refractivity (Wildman–Crippen MR) is 52.7 cm³/mol. The first-order valence-electron chi connectivity index (χ1n) is 5.18. The van der Waals surface area contributed by atoms with Gasteiger partial charge in [0, 0.05) is 18.6 Å². The van der Waals surface area contributed by atoms with Crippen LogP contribution in [-0.2, 0) is 4.74 Å². The molecule has 0 unspecified atom stereocenters. The summed E-state index contributed by atoms with van der Waals surface area (Å²) >= 11 is 0. The Balaban J connectivity index is 1.87. The van der Waals surface area contributed by atoms with Crippen LogP contribution in [0.15, 0.2) is 15.1 Å². The Morgan fingerprint density at radius 2 is 2.25 bits per heavy atom. The molecule has 0 spiro atoms. The number of nitrogens with zero attached hydrogens (tertiary/aromatic N) is 3. The summed E-state index contributed by atoms with van der Waals surface area (Å²) in [5, 5.41) is 7.70. The molecule has 2 aromatic heterocycles. The first-order chi connectivity index (χ1) is 7.83. The summed E-state index contributed by atoms with van der Waals surface area (Å²) in [6.07, 6.45) is 0.939. The minimum absolute atomic E-state index is 0.238. The monoisotopic (exact) mass is 221 g/mol. The van der Waals surface area contributed by atoms with Crippen LogP contribution in [0, 0.1) is 6.92 Å². The Bertz CT molecular complexity index is 485. The SMILES string of the molecule is Cc1cc(-c2nc([C@@H]3CCOC3)no2)on1. The third-order valence-corrected chi connectivity index (χ3v) is 2.58. The van der Waals surface area contributed by atoms with Crippen LogP contribution in [0.2, 0.25) is 0 Å². The van der Waals surface area contributed by atoms with Crippen molar-refractivity contribution >= 4 is 0 Å². The van der Waals surface area contributed by atoms with Gasteiger partial charge < -0.3 is 13.8 Å².